The summed E-state index contributed by atoms with van der Waals surface area (Å²) >= 11 is 0. The van der Waals surface area contributed by atoms with E-state index in [9.17, 15) is 14.4 Å². The van der Waals surface area contributed by atoms with Gasteiger partial charge in [0.15, 0.2) is 5.78 Å². The number of amides is 3. The second-order valence-electron chi connectivity index (χ2n) is 4.76. The van der Waals surface area contributed by atoms with Crippen LogP contribution in [0.15, 0.2) is 0 Å². The van der Waals surface area contributed by atoms with Gasteiger partial charge in [0, 0.05) is 13.0 Å². The largest absolute Gasteiger partial charge is 0.352 e. The van der Waals surface area contributed by atoms with Crippen molar-refractivity contribution in [3.8, 4) is 0 Å². The molecule has 0 aliphatic heterocycles. The van der Waals surface area contributed by atoms with E-state index in [1.807, 2.05) is 13.8 Å². The van der Waals surface area contributed by atoms with Gasteiger partial charge in [0.25, 0.3) is 0 Å². The van der Waals surface area contributed by atoms with Crippen molar-refractivity contribution in [2.75, 3.05) is 6.54 Å². The zero-order valence-electron chi connectivity index (χ0n) is 11.3. The first-order valence-corrected chi connectivity index (χ1v) is 6.16. The Morgan fingerprint density at radius 2 is 1.83 bits per heavy atom. The van der Waals surface area contributed by atoms with Crippen LogP contribution in [-0.2, 0) is 9.59 Å². The third-order valence-electron chi connectivity index (χ3n) is 2.39. The maximum atomic E-state index is 11.6. The van der Waals surface area contributed by atoms with Crippen molar-refractivity contribution in [3.63, 3.8) is 0 Å². The molecule has 6 nitrogen and oxygen atoms in total. The molecule has 0 saturated carbocycles. The highest BCUT2D eigenvalue weighted by molar-refractivity contribution is 5.87. The van der Waals surface area contributed by atoms with E-state index in [1.165, 1.54) is 6.92 Å². The lowest BCUT2D eigenvalue weighted by molar-refractivity contribution is -0.127. The molecule has 0 aromatic heterocycles. The van der Waals surface area contributed by atoms with E-state index in [4.69, 9.17) is 5.73 Å². The Bertz CT molecular complexity index is 303. The van der Waals surface area contributed by atoms with Crippen LogP contribution in [0.3, 0.4) is 0 Å². The van der Waals surface area contributed by atoms with Crippen molar-refractivity contribution in [1.29, 1.82) is 0 Å². The molecule has 0 aliphatic rings. The number of carbonyl (C=O) groups excluding carboxylic acids is 3. The molecule has 0 aromatic carbocycles. The SMILES string of the molecule is CC(=O)[C@H](CCCNC(N)=O)NC(=O)CC(C)C. The fraction of sp³-hybridized carbons (Fsp3) is 0.750. The number of rotatable bonds is 8. The summed E-state index contributed by atoms with van der Waals surface area (Å²) < 4.78 is 0. The van der Waals surface area contributed by atoms with E-state index in [-0.39, 0.29) is 17.6 Å². The quantitative estimate of drug-likeness (QED) is 0.553. The number of nitrogens with two attached hydrogens (primary N) is 1. The van der Waals surface area contributed by atoms with Crippen LogP contribution in [0.1, 0.15) is 40.0 Å². The molecule has 0 heterocycles. The Kier molecular flexibility index (Phi) is 7.74. The van der Waals surface area contributed by atoms with Crippen LogP contribution in [0.25, 0.3) is 0 Å². The number of carbonyl (C=O) groups is 3. The van der Waals surface area contributed by atoms with Crippen molar-refractivity contribution < 1.29 is 14.4 Å². The van der Waals surface area contributed by atoms with Crippen LogP contribution in [0.5, 0.6) is 0 Å². The standard InChI is InChI=1S/C12H23N3O3/c1-8(2)7-11(17)15-10(9(3)16)5-4-6-14-12(13)18/h8,10H,4-7H2,1-3H3,(H,15,17)(H3,13,14,18)/t10-/m0/s1. The molecule has 4 N–H and O–H groups in total. The monoisotopic (exact) mass is 257 g/mol. The predicted octanol–water partition coefficient (Wildman–Crippen LogP) is 0.555. The number of urea groups is 1. The Labute approximate surface area is 108 Å². The Morgan fingerprint density at radius 3 is 2.28 bits per heavy atom. The molecule has 104 valence electrons. The predicted molar refractivity (Wildman–Crippen MR) is 68.9 cm³/mol. The molecule has 0 bridgehead atoms. The van der Waals surface area contributed by atoms with Gasteiger partial charge in [-0.25, -0.2) is 4.79 Å². The second kappa shape index (κ2) is 8.49. The lowest BCUT2D eigenvalue weighted by atomic mass is 10.1. The summed E-state index contributed by atoms with van der Waals surface area (Å²) in [6.45, 7) is 5.74. The maximum absolute atomic E-state index is 11.6. The van der Waals surface area contributed by atoms with Crippen molar-refractivity contribution in [3.05, 3.63) is 0 Å². The van der Waals surface area contributed by atoms with Crippen LogP contribution < -0.4 is 16.4 Å². The third-order valence-corrected chi connectivity index (χ3v) is 2.39. The lowest BCUT2D eigenvalue weighted by Gasteiger charge is -2.16. The molecule has 18 heavy (non-hydrogen) atoms. The van der Waals surface area contributed by atoms with Gasteiger partial charge in [-0.3, -0.25) is 9.59 Å². The summed E-state index contributed by atoms with van der Waals surface area (Å²) in [6.07, 6.45) is 1.50. The van der Waals surface area contributed by atoms with Gasteiger partial charge in [-0.1, -0.05) is 13.8 Å². The highest BCUT2D eigenvalue weighted by atomic mass is 16.2. The van der Waals surface area contributed by atoms with Gasteiger partial charge in [0.1, 0.15) is 0 Å². The molecule has 3 amide bonds. The Morgan fingerprint density at radius 1 is 1.22 bits per heavy atom. The second-order valence-corrected chi connectivity index (χ2v) is 4.76. The summed E-state index contributed by atoms with van der Waals surface area (Å²) in [7, 11) is 0. The van der Waals surface area contributed by atoms with Gasteiger partial charge in [0.05, 0.1) is 6.04 Å². The van der Waals surface area contributed by atoms with Crippen molar-refractivity contribution in [2.24, 2.45) is 11.7 Å². The lowest BCUT2D eigenvalue weighted by Crippen LogP contribution is -2.41. The summed E-state index contributed by atoms with van der Waals surface area (Å²) in [6, 6.07) is -1.07. The molecule has 0 unspecified atom stereocenters. The molecule has 6 heteroatoms. The van der Waals surface area contributed by atoms with Crippen LogP contribution in [-0.4, -0.2) is 30.3 Å². The van der Waals surface area contributed by atoms with Crippen molar-refractivity contribution in [1.82, 2.24) is 10.6 Å². The average Bonchev–Trinajstić information content (AvgIpc) is 2.20. The van der Waals surface area contributed by atoms with Gasteiger partial charge >= 0.3 is 6.03 Å². The number of Topliss-reactive ketones (excluding diaryl/α,β-unsaturated/α-hetero) is 1. The minimum absolute atomic E-state index is 0.0776. The minimum Gasteiger partial charge on any atom is -0.352 e. The molecular weight excluding hydrogens is 234 g/mol. The molecule has 0 fully saturated rings. The highest BCUT2D eigenvalue weighted by Crippen LogP contribution is 2.02. The van der Waals surface area contributed by atoms with E-state index >= 15 is 0 Å². The Hall–Kier alpha value is -1.59. The van der Waals surface area contributed by atoms with Gasteiger partial charge in [0.2, 0.25) is 5.91 Å². The zero-order valence-corrected chi connectivity index (χ0v) is 11.3. The van der Waals surface area contributed by atoms with Gasteiger partial charge in [-0.05, 0) is 25.7 Å². The Balaban J connectivity index is 4.03. The molecule has 0 spiro atoms. The molecular formula is C12H23N3O3. The summed E-state index contributed by atoms with van der Waals surface area (Å²) in [5.41, 5.74) is 4.92. The summed E-state index contributed by atoms with van der Waals surface area (Å²) in [5, 5.41) is 5.14. The van der Waals surface area contributed by atoms with E-state index in [1.54, 1.807) is 0 Å². The number of hydrogen-bond donors (Lipinski definition) is 3. The van der Waals surface area contributed by atoms with Crippen LogP contribution in [0, 0.1) is 5.92 Å². The fourth-order valence-electron chi connectivity index (χ4n) is 1.52. The smallest absolute Gasteiger partial charge is 0.312 e. The van der Waals surface area contributed by atoms with E-state index in [0.29, 0.717) is 25.8 Å². The van der Waals surface area contributed by atoms with E-state index in [2.05, 4.69) is 10.6 Å². The van der Waals surface area contributed by atoms with Crippen molar-refractivity contribution in [2.45, 2.75) is 46.1 Å². The number of hydrogen-bond acceptors (Lipinski definition) is 3. The van der Waals surface area contributed by atoms with Gasteiger partial charge < -0.3 is 16.4 Å². The normalized spacial score (nSPS) is 12.0. The molecule has 0 radical (unpaired) electrons. The van der Waals surface area contributed by atoms with Crippen LogP contribution in [0.4, 0.5) is 4.79 Å². The summed E-state index contributed by atoms with van der Waals surface area (Å²) in [4.78, 5) is 33.4. The first-order valence-electron chi connectivity index (χ1n) is 6.16. The van der Waals surface area contributed by atoms with Crippen LogP contribution in [0.2, 0.25) is 0 Å². The molecule has 0 saturated heterocycles. The highest BCUT2D eigenvalue weighted by Gasteiger charge is 2.17. The first-order chi connectivity index (χ1) is 8.32. The van der Waals surface area contributed by atoms with E-state index in [0.717, 1.165) is 0 Å². The third kappa shape index (κ3) is 8.55. The minimum atomic E-state index is -0.585. The molecule has 0 aliphatic carbocycles. The van der Waals surface area contributed by atoms with Crippen LogP contribution >= 0.6 is 0 Å². The fourth-order valence-corrected chi connectivity index (χ4v) is 1.52. The number of ketones is 1. The summed E-state index contributed by atoms with van der Waals surface area (Å²) in [5.74, 6) is 0.0633. The number of primary amides is 1. The first kappa shape index (κ1) is 16.4. The van der Waals surface area contributed by atoms with Gasteiger partial charge in [-0.15, -0.1) is 0 Å². The van der Waals surface area contributed by atoms with Gasteiger partial charge in [-0.2, -0.15) is 0 Å². The molecule has 0 aromatic rings. The average molecular weight is 257 g/mol. The topological polar surface area (TPSA) is 101 Å². The molecule has 0 rings (SSSR count). The maximum Gasteiger partial charge on any atom is 0.312 e. The van der Waals surface area contributed by atoms with Crippen molar-refractivity contribution >= 4 is 17.7 Å². The zero-order chi connectivity index (χ0) is 14.1. The molecule has 1 atom stereocenters. The van der Waals surface area contributed by atoms with E-state index < -0.39 is 12.1 Å². The number of nitrogens with one attached hydrogen (secondary N) is 2.